The van der Waals surface area contributed by atoms with Crippen LogP contribution in [0.5, 0.6) is 0 Å². The first-order chi connectivity index (χ1) is 15.8. The molecule has 1 aliphatic rings. The third kappa shape index (κ3) is 3.93. The number of imidazole rings is 1. The number of benzene rings is 1. The van der Waals surface area contributed by atoms with Gasteiger partial charge in [0.1, 0.15) is 5.65 Å². The summed E-state index contributed by atoms with van der Waals surface area (Å²) in [6, 6.07) is 12.0. The van der Waals surface area contributed by atoms with E-state index in [0.717, 1.165) is 52.3 Å². The van der Waals surface area contributed by atoms with E-state index in [9.17, 15) is 4.79 Å². The zero-order chi connectivity index (χ0) is 23.2. The number of ether oxygens (including phenoxy) is 1. The number of pyridine rings is 1. The van der Waals surface area contributed by atoms with Crippen LogP contribution < -0.4 is 5.32 Å². The topological polar surface area (TPSA) is 73.5 Å². The highest BCUT2D eigenvalue weighted by Crippen LogP contribution is 2.35. The van der Waals surface area contributed by atoms with Gasteiger partial charge in [0.25, 0.3) is 5.91 Å². The number of aryl methyl sites for hydroxylation is 3. The van der Waals surface area contributed by atoms with E-state index in [0.29, 0.717) is 18.8 Å². The first-order valence-corrected chi connectivity index (χ1v) is 11.3. The molecule has 1 fully saturated rings. The van der Waals surface area contributed by atoms with E-state index in [2.05, 4.69) is 36.4 Å². The summed E-state index contributed by atoms with van der Waals surface area (Å²) in [6.07, 6.45) is 5.61. The van der Waals surface area contributed by atoms with Crippen molar-refractivity contribution in [3.05, 3.63) is 65.7 Å². The second-order valence-corrected chi connectivity index (χ2v) is 9.16. The Balaban J connectivity index is 1.52. The summed E-state index contributed by atoms with van der Waals surface area (Å²) < 4.78 is 9.32. The lowest BCUT2D eigenvalue weighted by molar-refractivity contribution is 0.0423. The van der Waals surface area contributed by atoms with Crippen molar-refractivity contribution in [2.24, 2.45) is 7.05 Å². The highest BCUT2D eigenvalue weighted by Gasteiger charge is 2.29. The van der Waals surface area contributed by atoms with Crippen molar-refractivity contribution in [3.63, 3.8) is 0 Å². The normalized spacial score (nSPS) is 15.6. The predicted octanol–water partition coefficient (Wildman–Crippen LogP) is 4.32. The molecule has 1 N–H and O–H groups in total. The van der Waals surface area contributed by atoms with E-state index in [1.807, 2.05) is 59.7 Å². The van der Waals surface area contributed by atoms with Gasteiger partial charge in [-0.15, -0.1) is 0 Å². The summed E-state index contributed by atoms with van der Waals surface area (Å²) in [4.78, 5) is 18.0. The van der Waals surface area contributed by atoms with Crippen molar-refractivity contribution < 1.29 is 9.53 Å². The summed E-state index contributed by atoms with van der Waals surface area (Å²) >= 11 is 0. The molecule has 4 heterocycles. The van der Waals surface area contributed by atoms with Crippen molar-refractivity contribution in [1.82, 2.24) is 24.5 Å². The van der Waals surface area contributed by atoms with E-state index in [1.54, 1.807) is 0 Å². The van der Waals surface area contributed by atoms with E-state index < -0.39 is 0 Å². The highest BCUT2D eigenvalue weighted by molar-refractivity contribution is 5.95. The fraction of sp³-hybridized carbons (Fsp3) is 0.346. The molecule has 5 rings (SSSR count). The van der Waals surface area contributed by atoms with Crippen LogP contribution in [0.3, 0.4) is 0 Å². The molecular weight excluding hydrogens is 414 g/mol. The molecule has 3 aromatic heterocycles. The molecule has 7 nitrogen and oxygen atoms in total. The smallest absolute Gasteiger partial charge is 0.251 e. The van der Waals surface area contributed by atoms with Crippen molar-refractivity contribution in [2.75, 3.05) is 13.2 Å². The van der Waals surface area contributed by atoms with Gasteiger partial charge in [-0.05, 0) is 51.3 Å². The Kier molecular flexibility index (Phi) is 5.29. The van der Waals surface area contributed by atoms with Crippen LogP contribution in [-0.4, -0.2) is 43.8 Å². The molecule has 1 aliphatic heterocycles. The number of carbonyl (C=O) groups excluding carboxylic acids is 1. The number of aromatic nitrogens is 4. The fourth-order valence-corrected chi connectivity index (χ4v) is 4.65. The quantitative estimate of drug-likeness (QED) is 0.510. The molecule has 4 aromatic rings. The van der Waals surface area contributed by atoms with Crippen molar-refractivity contribution in [2.45, 2.75) is 39.2 Å². The van der Waals surface area contributed by atoms with Crippen molar-refractivity contribution >= 4 is 11.6 Å². The number of amides is 1. The van der Waals surface area contributed by atoms with Crippen LogP contribution in [-0.2, 0) is 11.8 Å². The lowest BCUT2D eigenvalue weighted by Crippen LogP contribution is -2.49. The van der Waals surface area contributed by atoms with Gasteiger partial charge in [0.05, 0.1) is 11.4 Å². The number of nitrogens with zero attached hydrogens (tertiary/aromatic N) is 4. The Bertz CT molecular complexity index is 1340. The summed E-state index contributed by atoms with van der Waals surface area (Å²) in [6.45, 7) is 7.52. The minimum atomic E-state index is -0.238. The predicted molar refractivity (Wildman–Crippen MR) is 128 cm³/mol. The molecular formula is C26H29N5O2. The van der Waals surface area contributed by atoms with Crippen molar-refractivity contribution in [3.8, 4) is 22.4 Å². The monoisotopic (exact) mass is 443 g/mol. The Morgan fingerprint density at radius 3 is 2.52 bits per heavy atom. The maximum atomic E-state index is 13.0. The Labute approximate surface area is 193 Å². The van der Waals surface area contributed by atoms with Crippen LogP contribution in [0.1, 0.15) is 41.5 Å². The van der Waals surface area contributed by atoms with Crippen LogP contribution >= 0.6 is 0 Å². The summed E-state index contributed by atoms with van der Waals surface area (Å²) in [5.74, 6) is -0.0736. The first kappa shape index (κ1) is 21.4. The molecule has 1 amide bonds. The van der Waals surface area contributed by atoms with E-state index in [-0.39, 0.29) is 11.4 Å². The van der Waals surface area contributed by atoms with Gasteiger partial charge in [0, 0.05) is 60.6 Å². The number of hydrogen-bond donors (Lipinski definition) is 1. The zero-order valence-corrected chi connectivity index (χ0v) is 19.6. The molecule has 170 valence electrons. The van der Waals surface area contributed by atoms with E-state index in [1.165, 1.54) is 0 Å². The molecule has 0 bridgehead atoms. The standard InChI is InChI=1S/C26H29N5O2/c1-17-22(16-30(4)29-17)20-7-5-6-8-21(20)24-18(2)31-12-9-19(15-23(31)27-24)25(32)28-26(3)10-13-33-14-11-26/h5-9,12,15-16H,10-11,13-14H2,1-4H3,(H,28,32). The molecule has 1 saturated heterocycles. The summed E-state index contributed by atoms with van der Waals surface area (Å²) in [7, 11) is 1.93. The molecule has 0 radical (unpaired) electrons. The second-order valence-electron chi connectivity index (χ2n) is 9.16. The first-order valence-electron chi connectivity index (χ1n) is 11.3. The lowest BCUT2D eigenvalue weighted by Gasteiger charge is -2.34. The largest absolute Gasteiger partial charge is 0.381 e. The molecule has 0 atom stereocenters. The zero-order valence-electron chi connectivity index (χ0n) is 19.6. The molecule has 0 unspecified atom stereocenters. The lowest BCUT2D eigenvalue weighted by atomic mass is 9.92. The Morgan fingerprint density at radius 1 is 1.09 bits per heavy atom. The third-order valence-electron chi connectivity index (χ3n) is 6.62. The van der Waals surface area contributed by atoms with Crippen LogP contribution in [0.4, 0.5) is 0 Å². The van der Waals surface area contributed by atoms with E-state index in [4.69, 9.17) is 9.72 Å². The SMILES string of the molecule is Cc1nn(C)cc1-c1ccccc1-c1nc2cc(C(=O)NC3(C)CCOCC3)ccn2c1C. The second kappa shape index (κ2) is 8.15. The van der Waals surface area contributed by atoms with Gasteiger partial charge in [-0.3, -0.25) is 9.48 Å². The van der Waals surface area contributed by atoms with Gasteiger partial charge in [-0.2, -0.15) is 5.10 Å². The molecule has 1 aromatic carbocycles. The fourth-order valence-electron chi connectivity index (χ4n) is 4.65. The van der Waals surface area contributed by atoms with Gasteiger partial charge in [0.15, 0.2) is 0 Å². The van der Waals surface area contributed by atoms with Gasteiger partial charge in [-0.1, -0.05) is 24.3 Å². The Hall–Kier alpha value is -3.45. The minimum Gasteiger partial charge on any atom is -0.381 e. The number of carbonyl (C=O) groups is 1. The molecule has 0 spiro atoms. The number of hydrogen-bond acceptors (Lipinski definition) is 4. The average molecular weight is 444 g/mol. The number of nitrogens with one attached hydrogen (secondary N) is 1. The van der Waals surface area contributed by atoms with Gasteiger partial charge < -0.3 is 14.5 Å². The average Bonchev–Trinajstić information content (AvgIpc) is 3.31. The minimum absolute atomic E-state index is 0.0736. The number of fused-ring (bicyclic) bond motifs is 1. The van der Waals surface area contributed by atoms with Crippen LogP contribution in [0, 0.1) is 13.8 Å². The molecule has 0 saturated carbocycles. The molecule has 7 heteroatoms. The van der Waals surface area contributed by atoms with Crippen LogP contribution in [0.25, 0.3) is 28.0 Å². The van der Waals surface area contributed by atoms with Gasteiger partial charge >= 0.3 is 0 Å². The number of rotatable bonds is 4. The maximum absolute atomic E-state index is 13.0. The van der Waals surface area contributed by atoms with Crippen molar-refractivity contribution in [1.29, 1.82) is 0 Å². The third-order valence-corrected chi connectivity index (χ3v) is 6.62. The summed E-state index contributed by atoms with van der Waals surface area (Å²) in [5.41, 5.74) is 7.29. The molecule has 0 aliphatic carbocycles. The maximum Gasteiger partial charge on any atom is 0.251 e. The van der Waals surface area contributed by atoms with Gasteiger partial charge in [-0.25, -0.2) is 4.98 Å². The molecule has 33 heavy (non-hydrogen) atoms. The van der Waals surface area contributed by atoms with Crippen LogP contribution in [0.15, 0.2) is 48.8 Å². The highest BCUT2D eigenvalue weighted by atomic mass is 16.5. The Morgan fingerprint density at radius 2 is 1.82 bits per heavy atom. The van der Waals surface area contributed by atoms with Gasteiger partial charge in [0.2, 0.25) is 0 Å². The van der Waals surface area contributed by atoms with Crippen LogP contribution in [0.2, 0.25) is 0 Å². The van der Waals surface area contributed by atoms with E-state index >= 15 is 0 Å². The summed E-state index contributed by atoms with van der Waals surface area (Å²) in [5, 5.41) is 7.71.